The lowest BCUT2D eigenvalue weighted by Crippen LogP contribution is -2.38. The monoisotopic (exact) mass is 402 g/mol. The van der Waals surface area contributed by atoms with E-state index in [-0.39, 0.29) is 16.7 Å². The highest BCUT2D eigenvalue weighted by molar-refractivity contribution is 7.92. The second kappa shape index (κ2) is 7.83. The van der Waals surface area contributed by atoms with Crippen LogP contribution in [0.2, 0.25) is 0 Å². The Morgan fingerprint density at radius 1 is 1.18 bits per heavy atom. The minimum Gasteiger partial charge on any atom is -0.496 e. The summed E-state index contributed by atoms with van der Waals surface area (Å²) in [6.45, 7) is 6.27. The van der Waals surface area contributed by atoms with E-state index in [1.807, 2.05) is 26.0 Å². The summed E-state index contributed by atoms with van der Waals surface area (Å²) in [6.07, 6.45) is 1.67. The van der Waals surface area contributed by atoms with Gasteiger partial charge in [0.1, 0.15) is 5.75 Å². The molecule has 0 saturated heterocycles. The third kappa shape index (κ3) is 3.99. The Labute approximate surface area is 166 Å². The molecule has 0 aliphatic carbocycles. The Morgan fingerprint density at radius 3 is 2.57 bits per heavy atom. The van der Waals surface area contributed by atoms with Crippen LogP contribution in [0.4, 0.5) is 11.4 Å². The number of hydrogen-bond acceptors (Lipinski definition) is 4. The van der Waals surface area contributed by atoms with Crippen LogP contribution in [0.15, 0.2) is 41.3 Å². The lowest BCUT2D eigenvalue weighted by molar-refractivity contribution is -0.121. The first-order chi connectivity index (χ1) is 13.2. The molecule has 28 heavy (non-hydrogen) atoms. The van der Waals surface area contributed by atoms with Crippen LogP contribution in [0.25, 0.3) is 0 Å². The fourth-order valence-electron chi connectivity index (χ4n) is 3.43. The first kappa shape index (κ1) is 20.2. The van der Waals surface area contributed by atoms with Crippen LogP contribution in [-0.2, 0) is 21.2 Å². The first-order valence-electron chi connectivity index (χ1n) is 9.34. The Bertz CT molecular complexity index is 999. The maximum atomic E-state index is 12.8. The number of carbonyl (C=O) groups is 1. The Hall–Kier alpha value is -2.54. The molecule has 1 aliphatic heterocycles. The average Bonchev–Trinajstić information content (AvgIpc) is 2.66. The van der Waals surface area contributed by atoms with Crippen molar-refractivity contribution in [2.45, 2.75) is 38.5 Å². The molecule has 1 aliphatic rings. The van der Waals surface area contributed by atoms with Gasteiger partial charge in [-0.15, -0.1) is 0 Å². The van der Waals surface area contributed by atoms with Crippen molar-refractivity contribution in [2.75, 3.05) is 23.3 Å². The van der Waals surface area contributed by atoms with E-state index in [0.717, 1.165) is 29.7 Å². The molecule has 0 saturated carbocycles. The van der Waals surface area contributed by atoms with Gasteiger partial charge in [0.05, 0.1) is 12.0 Å². The molecule has 2 aromatic carbocycles. The van der Waals surface area contributed by atoms with Gasteiger partial charge in [0.2, 0.25) is 5.91 Å². The Morgan fingerprint density at radius 2 is 1.93 bits per heavy atom. The molecule has 0 aromatic heterocycles. The van der Waals surface area contributed by atoms with Crippen molar-refractivity contribution in [3.63, 3.8) is 0 Å². The molecule has 2 aromatic rings. The van der Waals surface area contributed by atoms with E-state index in [9.17, 15) is 13.2 Å². The number of benzene rings is 2. The van der Waals surface area contributed by atoms with Gasteiger partial charge in [0.25, 0.3) is 10.0 Å². The summed E-state index contributed by atoms with van der Waals surface area (Å²) >= 11 is 0. The van der Waals surface area contributed by atoms with Crippen LogP contribution < -0.4 is 14.4 Å². The predicted octanol–water partition coefficient (Wildman–Crippen LogP) is 3.74. The summed E-state index contributed by atoms with van der Waals surface area (Å²) in [5.74, 6) is 0.646. The number of amides is 1. The van der Waals surface area contributed by atoms with Crippen LogP contribution >= 0.6 is 0 Å². The highest BCUT2D eigenvalue weighted by Gasteiger charge is 2.25. The fraction of sp³-hybridized carbons (Fsp3) is 0.381. The first-order valence-corrected chi connectivity index (χ1v) is 10.8. The number of nitrogens with one attached hydrogen (secondary N) is 1. The molecule has 1 amide bonds. The van der Waals surface area contributed by atoms with Crippen molar-refractivity contribution in [1.82, 2.24) is 0 Å². The normalized spacial score (nSPS) is 14.0. The zero-order chi connectivity index (χ0) is 20.5. The number of rotatable bonds is 5. The number of nitrogens with zero attached hydrogens (tertiary/aromatic N) is 1. The molecule has 0 unspecified atom stereocenters. The maximum absolute atomic E-state index is 12.8. The molecule has 0 bridgehead atoms. The number of fused-ring (bicyclic) bond motifs is 1. The Kier molecular flexibility index (Phi) is 5.65. The van der Waals surface area contributed by atoms with E-state index < -0.39 is 10.0 Å². The molecule has 1 heterocycles. The SMILES string of the molecule is COc1ccc(S(=O)(=O)Nc2ccc3c(c2)CCCN3C(=O)C(C)C)cc1C. The van der Waals surface area contributed by atoms with Crippen molar-refractivity contribution in [1.29, 1.82) is 0 Å². The summed E-state index contributed by atoms with van der Waals surface area (Å²) in [4.78, 5) is 14.4. The molecule has 150 valence electrons. The van der Waals surface area contributed by atoms with E-state index in [4.69, 9.17) is 4.74 Å². The minimum atomic E-state index is -3.72. The highest BCUT2D eigenvalue weighted by atomic mass is 32.2. The van der Waals surface area contributed by atoms with Crippen LogP contribution in [0.3, 0.4) is 0 Å². The van der Waals surface area contributed by atoms with Crippen molar-refractivity contribution < 1.29 is 17.9 Å². The number of anilines is 2. The van der Waals surface area contributed by atoms with Crippen molar-refractivity contribution in [3.05, 3.63) is 47.5 Å². The van der Waals surface area contributed by atoms with Gasteiger partial charge in [-0.2, -0.15) is 0 Å². The van der Waals surface area contributed by atoms with Gasteiger partial charge in [-0.25, -0.2) is 8.42 Å². The molecule has 3 rings (SSSR count). The smallest absolute Gasteiger partial charge is 0.261 e. The lowest BCUT2D eigenvalue weighted by atomic mass is 9.99. The lowest BCUT2D eigenvalue weighted by Gasteiger charge is -2.31. The summed E-state index contributed by atoms with van der Waals surface area (Å²) in [7, 11) is -2.17. The molecule has 0 spiro atoms. The second-order valence-electron chi connectivity index (χ2n) is 7.33. The molecule has 1 N–H and O–H groups in total. The number of hydrogen-bond donors (Lipinski definition) is 1. The van der Waals surface area contributed by atoms with E-state index in [2.05, 4.69) is 4.72 Å². The summed E-state index contributed by atoms with van der Waals surface area (Å²) in [6, 6.07) is 10.1. The van der Waals surface area contributed by atoms with Crippen LogP contribution in [0.5, 0.6) is 5.75 Å². The quantitative estimate of drug-likeness (QED) is 0.827. The zero-order valence-corrected chi connectivity index (χ0v) is 17.5. The minimum absolute atomic E-state index is 0.0811. The summed E-state index contributed by atoms with van der Waals surface area (Å²) in [5.41, 5.74) is 3.09. The van der Waals surface area contributed by atoms with Crippen molar-refractivity contribution in [2.24, 2.45) is 5.92 Å². The van der Waals surface area contributed by atoms with Crippen molar-refractivity contribution >= 4 is 27.3 Å². The third-order valence-electron chi connectivity index (χ3n) is 4.89. The molecule has 6 nitrogen and oxygen atoms in total. The fourth-order valence-corrected chi connectivity index (χ4v) is 4.57. The van der Waals surface area contributed by atoms with Gasteiger partial charge in [-0.1, -0.05) is 13.8 Å². The zero-order valence-electron chi connectivity index (χ0n) is 16.7. The number of aryl methyl sites for hydroxylation is 2. The molecule has 0 fully saturated rings. The summed E-state index contributed by atoms with van der Waals surface area (Å²) < 4.78 is 33.4. The van der Waals surface area contributed by atoms with Crippen LogP contribution in [0.1, 0.15) is 31.4 Å². The standard InChI is InChI=1S/C21H26N2O4S/c1-14(2)21(24)23-11-5-6-16-13-17(7-9-19(16)23)22-28(25,26)18-8-10-20(27-4)15(3)12-18/h7-10,12-14,22H,5-6,11H2,1-4H3. The van der Waals surface area contributed by atoms with Gasteiger partial charge >= 0.3 is 0 Å². The number of ether oxygens (including phenoxy) is 1. The molecule has 0 atom stereocenters. The van der Waals surface area contributed by atoms with Gasteiger partial charge in [0, 0.05) is 23.8 Å². The second-order valence-corrected chi connectivity index (χ2v) is 9.01. The van der Waals surface area contributed by atoms with E-state index in [1.165, 1.54) is 6.07 Å². The van der Waals surface area contributed by atoms with Gasteiger partial charge in [-0.3, -0.25) is 9.52 Å². The third-order valence-corrected chi connectivity index (χ3v) is 6.27. The topological polar surface area (TPSA) is 75.7 Å². The highest BCUT2D eigenvalue weighted by Crippen LogP contribution is 2.32. The Balaban J connectivity index is 1.87. The summed E-state index contributed by atoms with van der Waals surface area (Å²) in [5, 5.41) is 0. The molecular formula is C21H26N2O4S. The van der Waals surface area contributed by atoms with Gasteiger partial charge in [-0.05, 0) is 67.3 Å². The maximum Gasteiger partial charge on any atom is 0.261 e. The number of methoxy groups -OCH3 is 1. The largest absolute Gasteiger partial charge is 0.496 e. The number of carbonyl (C=O) groups excluding carboxylic acids is 1. The molecule has 0 radical (unpaired) electrons. The van der Waals surface area contributed by atoms with Crippen LogP contribution in [-0.4, -0.2) is 28.0 Å². The van der Waals surface area contributed by atoms with E-state index in [0.29, 0.717) is 18.0 Å². The van der Waals surface area contributed by atoms with E-state index in [1.54, 1.807) is 37.1 Å². The van der Waals surface area contributed by atoms with E-state index >= 15 is 0 Å². The van der Waals surface area contributed by atoms with Gasteiger partial charge < -0.3 is 9.64 Å². The number of sulfonamides is 1. The van der Waals surface area contributed by atoms with Crippen LogP contribution in [0, 0.1) is 12.8 Å². The predicted molar refractivity (Wildman–Crippen MR) is 110 cm³/mol. The molecular weight excluding hydrogens is 376 g/mol. The average molecular weight is 403 g/mol. The molecule has 7 heteroatoms. The van der Waals surface area contributed by atoms with Gasteiger partial charge in [0.15, 0.2) is 0 Å². The van der Waals surface area contributed by atoms with Crippen molar-refractivity contribution in [3.8, 4) is 5.75 Å².